The number of ether oxygens (including phenoxy) is 4. The summed E-state index contributed by atoms with van der Waals surface area (Å²) in [6, 6.07) is 11.9. The molecular formula is C28H36N2O5. The van der Waals surface area contributed by atoms with Crippen LogP contribution in [0.25, 0.3) is 0 Å². The highest BCUT2D eigenvalue weighted by atomic mass is 16.7. The van der Waals surface area contributed by atoms with Gasteiger partial charge in [-0.1, -0.05) is 12.5 Å². The van der Waals surface area contributed by atoms with Crippen LogP contribution in [-0.4, -0.2) is 68.0 Å². The summed E-state index contributed by atoms with van der Waals surface area (Å²) in [5.74, 6) is 2.48. The molecule has 2 aromatic carbocycles. The first-order chi connectivity index (χ1) is 17.1. The molecule has 2 aromatic rings. The maximum Gasteiger partial charge on any atom is 0.254 e. The van der Waals surface area contributed by atoms with E-state index in [4.69, 9.17) is 18.9 Å². The van der Waals surface area contributed by atoms with Gasteiger partial charge in [0.2, 0.25) is 6.79 Å². The normalized spacial score (nSPS) is 23.4. The van der Waals surface area contributed by atoms with Gasteiger partial charge in [-0.15, -0.1) is 0 Å². The lowest BCUT2D eigenvalue weighted by Crippen LogP contribution is -2.51. The summed E-state index contributed by atoms with van der Waals surface area (Å²) >= 11 is 0. The van der Waals surface area contributed by atoms with Crippen molar-refractivity contribution in [3.05, 3.63) is 53.1 Å². The third kappa shape index (κ3) is 5.41. The van der Waals surface area contributed by atoms with Gasteiger partial charge in [-0.3, -0.25) is 9.69 Å². The van der Waals surface area contributed by atoms with Crippen molar-refractivity contribution < 1.29 is 23.7 Å². The van der Waals surface area contributed by atoms with Crippen LogP contribution in [0.5, 0.6) is 17.2 Å². The monoisotopic (exact) mass is 480 g/mol. The van der Waals surface area contributed by atoms with E-state index < -0.39 is 0 Å². The van der Waals surface area contributed by atoms with Gasteiger partial charge in [-0.2, -0.15) is 0 Å². The summed E-state index contributed by atoms with van der Waals surface area (Å²) in [4.78, 5) is 17.9. The number of benzene rings is 2. The van der Waals surface area contributed by atoms with Crippen LogP contribution in [0, 0.1) is 6.92 Å². The van der Waals surface area contributed by atoms with Crippen molar-refractivity contribution in [1.82, 2.24) is 9.80 Å². The number of carbonyl (C=O) groups is 1. The second-order valence-electron chi connectivity index (χ2n) is 9.76. The minimum Gasteiger partial charge on any atom is -0.492 e. The van der Waals surface area contributed by atoms with Crippen LogP contribution >= 0.6 is 0 Å². The van der Waals surface area contributed by atoms with Crippen molar-refractivity contribution in [2.75, 3.05) is 40.1 Å². The molecule has 35 heavy (non-hydrogen) atoms. The summed E-state index contributed by atoms with van der Waals surface area (Å²) < 4.78 is 23.1. The summed E-state index contributed by atoms with van der Waals surface area (Å²) in [7, 11) is 1.77. The van der Waals surface area contributed by atoms with Gasteiger partial charge in [0, 0.05) is 32.3 Å². The Morgan fingerprint density at radius 3 is 2.69 bits per heavy atom. The third-order valence-corrected chi connectivity index (χ3v) is 7.49. The Balaban J connectivity index is 1.35. The zero-order valence-electron chi connectivity index (χ0n) is 20.8. The largest absolute Gasteiger partial charge is 0.492 e. The summed E-state index contributed by atoms with van der Waals surface area (Å²) in [6.07, 6.45) is 5.13. The standard InChI is InChI=1S/C28H36N2O5/c1-20-15-26-27(35-19-34-26)17-22(20)18-29-11-4-3-9-24-25(32-2)10-6-12-30(24)28(31)21-7-5-8-23(16-21)33-14-13-29/h5,7-8,15-17,24-25H,3-4,6,9-14,18-19H2,1-2H3/t24-,25-/m1/s1. The molecule has 0 aromatic heterocycles. The van der Waals surface area contributed by atoms with Crippen molar-refractivity contribution in [2.45, 2.75) is 57.7 Å². The van der Waals surface area contributed by atoms with E-state index in [-0.39, 0.29) is 24.8 Å². The van der Waals surface area contributed by atoms with Crippen LogP contribution in [0.1, 0.15) is 53.6 Å². The maximum atomic E-state index is 13.4. The molecule has 1 fully saturated rings. The first kappa shape index (κ1) is 23.9. The highest BCUT2D eigenvalue weighted by Crippen LogP contribution is 2.35. The fourth-order valence-electron chi connectivity index (χ4n) is 5.52. The molecule has 0 radical (unpaired) electrons. The second kappa shape index (κ2) is 10.9. The molecule has 3 heterocycles. The molecule has 0 saturated carbocycles. The molecule has 1 saturated heterocycles. The highest BCUT2D eigenvalue weighted by Gasteiger charge is 2.34. The fraction of sp³-hybridized carbons (Fsp3) is 0.536. The quantitative estimate of drug-likeness (QED) is 0.649. The van der Waals surface area contributed by atoms with E-state index in [1.807, 2.05) is 29.2 Å². The van der Waals surface area contributed by atoms with Crippen molar-refractivity contribution >= 4 is 5.91 Å². The number of nitrogens with zero attached hydrogens (tertiary/aromatic N) is 2. The lowest BCUT2D eigenvalue weighted by atomic mass is 9.93. The van der Waals surface area contributed by atoms with Crippen molar-refractivity contribution in [3.8, 4) is 17.2 Å². The Kier molecular flexibility index (Phi) is 7.44. The molecule has 0 unspecified atom stereocenters. The number of methoxy groups -OCH3 is 1. The van der Waals surface area contributed by atoms with Gasteiger partial charge in [0.05, 0.1) is 12.1 Å². The van der Waals surface area contributed by atoms with Crippen LogP contribution in [0.2, 0.25) is 0 Å². The van der Waals surface area contributed by atoms with E-state index in [0.717, 1.165) is 75.5 Å². The SMILES string of the molecule is CO[C@@H]1CCCN2C(=O)c3cccc(c3)OCCN(Cc3cc4c(cc3C)OCO4)CCCC[C@H]12. The van der Waals surface area contributed by atoms with Crippen LogP contribution in [0.3, 0.4) is 0 Å². The van der Waals surface area contributed by atoms with Gasteiger partial charge in [-0.05, 0) is 80.6 Å². The van der Waals surface area contributed by atoms with E-state index in [1.165, 1.54) is 11.1 Å². The number of rotatable bonds is 3. The van der Waals surface area contributed by atoms with E-state index in [0.29, 0.717) is 12.2 Å². The second-order valence-corrected chi connectivity index (χ2v) is 9.76. The van der Waals surface area contributed by atoms with Gasteiger partial charge in [0.1, 0.15) is 12.4 Å². The first-order valence-corrected chi connectivity index (χ1v) is 12.8. The summed E-state index contributed by atoms with van der Waals surface area (Å²) in [5.41, 5.74) is 3.15. The maximum absolute atomic E-state index is 13.4. The van der Waals surface area contributed by atoms with Crippen molar-refractivity contribution in [2.24, 2.45) is 0 Å². The number of fused-ring (bicyclic) bond motifs is 4. The molecule has 3 aliphatic rings. The van der Waals surface area contributed by atoms with Gasteiger partial charge in [0.25, 0.3) is 5.91 Å². The predicted molar refractivity (Wildman–Crippen MR) is 133 cm³/mol. The van der Waals surface area contributed by atoms with E-state index in [9.17, 15) is 4.79 Å². The van der Waals surface area contributed by atoms with Gasteiger partial charge < -0.3 is 23.8 Å². The molecule has 0 spiro atoms. The van der Waals surface area contributed by atoms with Crippen molar-refractivity contribution in [1.29, 1.82) is 0 Å². The Bertz CT molecular complexity index is 1040. The molecule has 5 rings (SSSR count). The number of aryl methyl sites for hydroxylation is 1. The number of carbonyl (C=O) groups excluding carboxylic acids is 1. The number of hydrogen-bond donors (Lipinski definition) is 0. The molecule has 188 valence electrons. The molecule has 0 N–H and O–H groups in total. The smallest absolute Gasteiger partial charge is 0.254 e. The zero-order valence-corrected chi connectivity index (χ0v) is 20.8. The lowest BCUT2D eigenvalue weighted by molar-refractivity contribution is -0.0156. The minimum absolute atomic E-state index is 0.0826. The van der Waals surface area contributed by atoms with Gasteiger partial charge >= 0.3 is 0 Å². The average Bonchev–Trinajstić information content (AvgIpc) is 3.32. The fourth-order valence-corrected chi connectivity index (χ4v) is 5.52. The Morgan fingerprint density at radius 2 is 1.83 bits per heavy atom. The van der Waals surface area contributed by atoms with E-state index >= 15 is 0 Å². The van der Waals surface area contributed by atoms with E-state index in [1.54, 1.807) is 7.11 Å². The zero-order chi connectivity index (χ0) is 24.2. The van der Waals surface area contributed by atoms with Crippen molar-refractivity contribution in [3.63, 3.8) is 0 Å². The van der Waals surface area contributed by atoms with E-state index in [2.05, 4.69) is 24.0 Å². The Morgan fingerprint density at radius 1 is 0.971 bits per heavy atom. The van der Waals surface area contributed by atoms with Crippen LogP contribution in [0.15, 0.2) is 36.4 Å². The molecule has 7 nitrogen and oxygen atoms in total. The molecular weight excluding hydrogens is 444 g/mol. The molecule has 3 aliphatic heterocycles. The highest BCUT2D eigenvalue weighted by molar-refractivity contribution is 5.95. The molecule has 7 heteroatoms. The first-order valence-electron chi connectivity index (χ1n) is 12.8. The predicted octanol–water partition coefficient (Wildman–Crippen LogP) is 4.41. The van der Waals surface area contributed by atoms with Gasteiger partial charge in [-0.25, -0.2) is 0 Å². The average molecular weight is 481 g/mol. The number of hydrogen-bond acceptors (Lipinski definition) is 6. The molecule has 2 atom stereocenters. The molecule has 2 bridgehead atoms. The Hall–Kier alpha value is -2.77. The minimum atomic E-state index is 0.0826. The number of piperidine rings is 1. The summed E-state index contributed by atoms with van der Waals surface area (Å²) in [6.45, 7) is 6.38. The summed E-state index contributed by atoms with van der Waals surface area (Å²) in [5, 5.41) is 0. The van der Waals surface area contributed by atoms with Crippen LogP contribution < -0.4 is 14.2 Å². The number of amides is 1. The van der Waals surface area contributed by atoms with Crippen LogP contribution in [-0.2, 0) is 11.3 Å². The molecule has 1 amide bonds. The Labute approximate surface area is 207 Å². The van der Waals surface area contributed by atoms with Crippen LogP contribution in [0.4, 0.5) is 0 Å². The van der Waals surface area contributed by atoms with Gasteiger partial charge in [0.15, 0.2) is 11.5 Å². The molecule has 0 aliphatic carbocycles. The topological polar surface area (TPSA) is 60.5 Å². The third-order valence-electron chi connectivity index (χ3n) is 7.49. The lowest BCUT2D eigenvalue weighted by Gasteiger charge is -2.41.